The number of amides is 1. The van der Waals surface area contributed by atoms with Gasteiger partial charge in [0.15, 0.2) is 12.4 Å². The van der Waals surface area contributed by atoms with Gasteiger partial charge >= 0.3 is 5.69 Å². The van der Waals surface area contributed by atoms with Crippen LogP contribution < -0.4 is 14.8 Å². The van der Waals surface area contributed by atoms with Crippen molar-refractivity contribution in [1.82, 2.24) is 10.2 Å². The van der Waals surface area contributed by atoms with Gasteiger partial charge in [-0.05, 0) is 38.1 Å². The van der Waals surface area contributed by atoms with Crippen LogP contribution in [0.4, 0.5) is 5.69 Å². The molecule has 8 heteroatoms. The highest BCUT2D eigenvalue weighted by molar-refractivity contribution is 5.77. The van der Waals surface area contributed by atoms with Crippen molar-refractivity contribution in [2.45, 2.75) is 18.9 Å². The second kappa shape index (κ2) is 9.88. The molecule has 154 valence electrons. The van der Waals surface area contributed by atoms with Crippen LogP contribution in [0.5, 0.6) is 11.5 Å². The molecule has 1 unspecified atom stereocenters. The standard InChI is InChI=1S/C21H25N3O5/c1-28-19-10-4-2-8-16(19)18(23-12-6-7-13-23)14-22-21(25)15-29-20-11-5-3-9-17(20)24(26)27/h2-5,8-11,18H,6-7,12-15H2,1H3,(H,22,25). The number of hydrogen-bond acceptors (Lipinski definition) is 6. The number of carbonyl (C=O) groups is 1. The first kappa shape index (κ1) is 20.6. The molecule has 0 radical (unpaired) electrons. The molecule has 0 spiro atoms. The van der Waals surface area contributed by atoms with Crippen LogP contribution >= 0.6 is 0 Å². The molecule has 1 saturated heterocycles. The number of para-hydroxylation sites is 3. The van der Waals surface area contributed by atoms with E-state index in [4.69, 9.17) is 9.47 Å². The molecular weight excluding hydrogens is 374 g/mol. The SMILES string of the molecule is COc1ccccc1C(CNC(=O)COc1ccccc1[N+](=O)[O-])N1CCCC1. The Balaban J connectivity index is 1.64. The molecule has 2 aromatic carbocycles. The van der Waals surface area contributed by atoms with Crippen LogP contribution in [-0.4, -0.2) is 49.1 Å². The number of methoxy groups -OCH3 is 1. The van der Waals surface area contributed by atoms with Crippen molar-refractivity contribution < 1.29 is 19.2 Å². The van der Waals surface area contributed by atoms with Crippen LogP contribution in [0.1, 0.15) is 24.4 Å². The first-order chi connectivity index (χ1) is 14.1. The van der Waals surface area contributed by atoms with Gasteiger partial charge in [0, 0.05) is 18.2 Å². The Hall–Kier alpha value is -3.13. The molecule has 0 aromatic heterocycles. The Morgan fingerprint density at radius 2 is 1.79 bits per heavy atom. The number of likely N-dealkylation sites (tertiary alicyclic amines) is 1. The lowest BCUT2D eigenvalue weighted by Crippen LogP contribution is -2.38. The van der Waals surface area contributed by atoms with Crippen LogP contribution in [0.25, 0.3) is 0 Å². The highest BCUT2D eigenvalue weighted by atomic mass is 16.6. The minimum Gasteiger partial charge on any atom is -0.496 e. The average Bonchev–Trinajstić information content (AvgIpc) is 3.27. The Kier molecular flexibility index (Phi) is 7.02. The molecule has 1 atom stereocenters. The number of rotatable bonds is 9. The largest absolute Gasteiger partial charge is 0.496 e. The van der Waals surface area contributed by atoms with Crippen molar-refractivity contribution in [3.05, 3.63) is 64.2 Å². The van der Waals surface area contributed by atoms with E-state index in [-0.39, 0.29) is 30.0 Å². The summed E-state index contributed by atoms with van der Waals surface area (Å²) >= 11 is 0. The zero-order chi connectivity index (χ0) is 20.6. The van der Waals surface area contributed by atoms with Gasteiger partial charge < -0.3 is 14.8 Å². The minimum atomic E-state index is -0.529. The summed E-state index contributed by atoms with van der Waals surface area (Å²) in [7, 11) is 1.64. The Morgan fingerprint density at radius 3 is 2.48 bits per heavy atom. The number of ether oxygens (including phenoxy) is 2. The fourth-order valence-corrected chi connectivity index (χ4v) is 3.57. The Bertz CT molecular complexity index is 852. The van der Waals surface area contributed by atoms with Gasteiger partial charge in [-0.1, -0.05) is 30.3 Å². The van der Waals surface area contributed by atoms with Gasteiger partial charge in [-0.3, -0.25) is 19.8 Å². The third-order valence-corrected chi connectivity index (χ3v) is 4.99. The van der Waals surface area contributed by atoms with E-state index < -0.39 is 4.92 Å². The number of carbonyl (C=O) groups excluding carboxylic acids is 1. The van der Waals surface area contributed by atoms with Crippen LogP contribution in [0, 0.1) is 10.1 Å². The molecule has 8 nitrogen and oxygen atoms in total. The number of nitrogens with one attached hydrogen (secondary N) is 1. The number of nitro groups is 1. The van der Waals surface area contributed by atoms with E-state index in [2.05, 4.69) is 10.2 Å². The van der Waals surface area contributed by atoms with Gasteiger partial charge in [-0.25, -0.2) is 0 Å². The predicted octanol–water partition coefficient (Wildman–Crippen LogP) is 2.94. The molecule has 0 aliphatic carbocycles. The Morgan fingerprint density at radius 1 is 1.14 bits per heavy atom. The molecular formula is C21H25N3O5. The van der Waals surface area contributed by atoms with Crippen molar-refractivity contribution >= 4 is 11.6 Å². The Labute approximate surface area is 169 Å². The maximum absolute atomic E-state index is 12.3. The van der Waals surface area contributed by atoms with E-state index >= 15 is 0 Å². The lowest BCUT2D eigenvalue weighted by molar-refractivity contribution is -0.385. The van der Waals surface area contributed by atoms with Crippen molar-refractivity contribution in [2.24, 2.45) is 0 Å². The van der Waals surface area contributed by atoms with E-state index in [1.807, 2.05) is 24.3 Å². The molecule has 1 N–H and O–H groups in total. The number of nitrogens with zero attached hydrogens (tertiary/aromatic N) is 2. The molecule has 2 aromatic rings. The van der Waals surface area contributed by atoms with Crippen LogP contribution in [0.3, 0.4) is 0 Å². The third-order valence-electron chi connectivity index (χ3n) is 4.99. The minimum absolute atomic E-state index is 0.0105. The molecule has 3 rings (SSSR count). The number of benzene rings is 2. The second-order valence-corrected chi connectivity index (χ2v) is 6.82. The highest BCUT2D eigenvalue weighted by Crippen LogP contribution is 2.31. The third kappa shape index (κ3) is 5.23. The fraction of sp³-hybridized carbons (Fsp3) is 0.381. The molecule has 1 heterocycles. The lowest BCUT2D eigenvalue weighted by atomic mass is 10.0. The quantitative estimate of drug-likeness (QED) is 0.515. The van der Waals surface area contributed by atoms with Gasteiger partial charge in [0.2, 0.25) is 0 Å². The lowest BCUT2D eigenvalue weighted by Gasteiger charge is -2.29. The number of nitro benzene ring substituents is 1. The van der Waals surface area contributed by atoms with Gasteiger partial charge in [0.05, 0.1) is 18.1 Å². The monoisotopic (exact) mass is 399 g/mol. The van der Waals surface area contributed by atoms with Crippen LogP contribution in [-0.2, 0) is 4.79 Å². The van der Waals surface area contributed by atoms with E-state index in [9.17, 15) is 14.9 Å². The average molecular weight is 399 g/mol. The zero-order valence-electron chi connectivity index (χ0n) is 16.4. The molecule has 29 heavy (non-hydrogen) atoms. The summed E-state index contributed by atoms with van der Waals surface area (Å²) in [4.78, 5) is 25.2. The molecule has 1 aliphatic rings. The van der Waals surface area contributed by atoms with E-state index in [0.29, 0.717) is 6.54 Å². The van der Waals surface area contributed by atoms with Crippen LogP contribution in [0.15, 0.2) is 48.5 Å². The van der Waals surface area contributed by atoms with Crippen LogP contribution in [0.2, 0.25) is 0 Å². The van der Waals surface area contributed by atoms with Gasteiger partial charge in [0.1, 0.15) is 5.75 Å². The van der Waals surface area contributed by atoms with Gasteiger partial charge in [-0.15, -0.1) is 0 Å². The normalized spacial score (nSPS) is 14.9. The molecule has 0 bridgehead atoms. The predicted molar refractivity (Wildman–Crippen MR) is 108 cm³/mol. The first-order valence-electron chi connectivity index (χ1n) is 9.60. The molecule has 1 fully saturated rings. The van der Waals surface area contributed by atoms with E-state index in [0.717, 1.165) is 37.2 Å². The second-order valence-electron chi connectivity index (χ2n) is 6.82. The van der Waals surface area contributed by atoms with Crippen molar-refractivity contribution in [3.8, 4) is 11.5 Å². The van der Waals surface area contributed by atoms with E-state index in [1.165, 1.54) is 12.1 Å². The maximum Gasteiger partial charge on any atom is 0.310 e. The summed E-state index contributed by atoms with van der Waals surface area (Å²) in [5.74, 6) is 0.533. The van der Waals surface area contributed by atoms with E-state index in [1.54, 1.807) is 19.2 Å². The van der Waals surface area contributed by atoms with Crippen molar-refractivity contribution in [3.63, 3.8) is 0 Å². The fourth-order valence-electron chi connectivity index (χ4n) is 3.57. The summed E-state index contributed by atoms with van der Waals surface area (Å²) < 4.78 is 10.9. The summed E-state index contributed by atoms with van der Waals surface area (Å²) in [6, 6.07) is 13.8. The maximum atomic E-state index is 12.3. The van der Waals surface area contributed by atoms with Gasteiger partial charge in [-0.2, -0.15) is 0 Å². The topological polar surface area (TPSA) is 93.9 Å². The zero-order valence-corrected chi connectivity index (χ0v) is 16.4. The summed E-state index contributed by atoms with van der Waals surface area (Å²) in [6.45, 7) is 2.04. The van der Waals surface area contributed by atoms with Crippen molar-refractivity contribution in [2.75, 3.05) is 33.4 Å². The number of hydrogen-bond donors (Lipinski definition) is 1. The molecule has 0 saturated carbocycles. The van der Waals surface area contributed by atoms with Gasteiger partial charge in [0.25, 0.3) is 5.91 Å². The summed E-state index contributed by atoms with van der Waals surface area (Å²) in [6.07, 6.45) is 2.25. The molecule has 1 amide bonds. The van der Waals surface area contributed by atoms with Crippen molar-refractivity contribution in [1.29, 1.82) is 0 Å². The molecule has 1 aliphatic heterocycles. The first-order valence-corrected chi connectivity index (χ1v) is 9.60. The summed E-state index contributed by atoms with van der Waals surface area (Å²) in [5.41, 5.74) is 0.862. The smallest absolute Gasteiger partial charge is 0.310 e. The summed E-state index contributed by atoms with van der Waals surface area (Å²) in [5, 5.41) is 14.0. The highest BCUT2D eigenvalue weighted by Gasteiger charge is 2.26.